The third kappa shape index (κ3) is 3.15. The Morgan fingerprint density at radius 3 is 2.00 bits per heavy atom. The van der Waals surface area contributed by atoms with Crippen LogP contribution < -0.4 is 10.0 Å². The molecule has 0 spiro atoms. The maximum Gasteiger partial charge on any atom is 0.241 e. The summed E-state index contributed by atoms with van der Waals surface area (Å²) in [6.45, 7) is 11.3. The van der Waals surface area contributed by atoms with Gasteiger partial charge in [0.2, 0.25) is 10.0 Å². The van der Waals surface area contributed by atoms with E-state index in [1.54, 1.807) is 0 Å². The molecule has 2 rings (SSSR count). The highest BCUT2D eigenvalue weighted by molar-refractivity contribution is 7.89. The molecule has 4 nitrogen and oxygen atoms in total. The molecule has 1 aliphatic heterocycles. The summed E-state index contributed by atoms with van der Waals surface area (Å²) >= 11 is 0. The Hall–Kier alpha value is -0.910. The third-order valence-corrected chi connectivity index (χ3v) is 6.58. The first-order chi connectivity index (χ1) is 9.75. The van der Waals surface area contributed by atoms with E-state index in [4.69, 9.17) is 0 Å². The highest BCUT2D eigenvalue weighted by Gasteiger charge is 2.25. The Kier molecular flexibility index (Phi) is 4.76. The number of sulfonamides is 1. The molecule has 1 unspecified atom stereocenters. The average Bonchev–Trinajstić information content (AvgIpc) is 2.94. The van der Waals surface area contributed by atoms with Crippen LogP contribution in [0.5, 0.6) is 0 Å². The second-order valence-corrected chi connectivity index (χ2v) is 7.80. The maximum atomic E-state index is 12.7. The van der Waals surface area contributed by atoms with E-state index in [0.29, 0.717) is 11.4 Å². The molecule has 0 saturated carbocycles. The summed E-state index contributed by atoms with van der Waals surface area (Å²) < 4.78 is 28.2. The predicted molar refractivity (Wildman–Crippen MR) is 86.3 cm³/mol. The van der Waals surface area contributed by atoms with Gasteiger partial charge in [-0.1, -0.05) is 0 Å². The molecule has 1 fully saturated rings. The summed E-state index contributed by atoms with van der Waals surface area (Å²) in [4.78, 5) is 0.459. The lowest BCUT2D eigenvalue weighted by molar-refractivity contribution is 0.550. The van der Waals surface area contributed by atoms with E-state index in [2.05, 4.69) is 17.0 Å². The fourth-order valence-electron chi connectivity index (χ4n) is 3.08. The van der Waals surface area contributed by atoms with Gasteiger partial charge in [-0.05, 0) is 81.8 Å². The Labute approximate surface area is 128 Å². The number of hydrogen-bond acceptors (Lipinski definition) is 3. The SMILES string of the molecule is Cc1c(C)c(C)c(S(=O)(=O)NCC2CCCN2)c(C)c1C. The molecular weight excluding hydrogens is 284 g/mol. The van der Waals surface area contributed by atoms with Gasteiger partial charge in [0.1, 0.15) is 0 Å². The van der Waals surface area contributed by atoms with Crippen LogP contribution in [-0.2, 0) is 10.0 Å². The van der Waals surface area contributed by atoms with Gasteiger partial charge in [-0.3, -0.25) is 0 Å². The minimum atomic E-state index is -3.46. The summed E-state index contributed by atoms with van der Waals surface area (Å²) in [5, 5.41) is 3.31. The average molecular weight is 310 g/mol. The van der Waals surface area contributed by atoms with Crippen LogP contribution in [0.4, 0.5) is 0 Å². The summed E-state index contributed by atoms with van der Waals surface area (Å²) in [6.07, 6.45) is 2.15. The second kappa shape index (κ2) is 6.07. The monoisotopic (exact) mass is 310 g/mol. The highest BCUT2D eigenvalue weighted by atomic mass is 32.2. The third-order valence-electron chi connectivity index (χ3n) is 4.88. The Morgan fingerprint density at radius 2 is 1.52 bits per heavy atom. The first-order valence-electron chi connectivity index (χ1n) is 7.55. The van der Waals surface area contributed by atoms with Crippen molar-refractivity contribution in [1.82, 2.24) is 10.0 Å². The lowest BCUT2D eigenvalue weighted by atomic mass is 9.95. The van der Waals surface area contributed by atoms with Gasteiger partial charge in [0.15, 0.2) is 0 Å². The van der Waals surface area contributed by atoms with Crippen molar-refractivity contribution in [2.75, 3.05) is 13.1 Å². The van der Waals surface area contributed by atoms with Crippen LogP contribution in [-0.4, -0.2) is 27.5 Å². The Bertz CT molecular complexity index is 616. The molecule has 0 radical (unpaired) electrons. The van der Waals surface area contributed by atoms with E-state index in [1.165, 1.54) is 5.56 Å². The van der Waals surface area contributed by atoms with E-state index < -0.39 is 10.0 Å². The molecule has 5 heteroatoms. The fourth-order valence-corrected chi connectivity index (χ4v) is 4.76. The van der Waals surface area contributed by atoms with E-state index in [1.807, 2.05) is 27.7 Å². The molecule has 1 aliphatic rings. The minimum Gasteiger partial charge on any atom is -0.313 e. The van der Waals surface area contributed by atoms with E-state index in [9.17, 15) is 8.42 Å². The molecule has 1 heterocycles. The zero-order valence-electron chi connectivity index (χ0n) is 13.6. The van der Waals surface area contributed by atoms with Crippen molar-refractivity contribution in [3.8, 4) is 0 Å². The van der Waals surface area contributed by atoms with Gasteiger partial charge in [-0.25, -0.2) is 13.1 Å². The normalized spacial score (nSPS) is 19.2. The van der Waals surface area contributed by atoms with Gasteiger partial charge in [0, 0.05) is 12.6 Å². The van der Waals surface area contributed by atoms with Crippen molar-refractivity contribution in [3.63, 3.8) is 0 Å². The van der Waals surface area contributed by atoms with Crippen LogP contribution in [0.1, 0.15) is 40.7 Å². The topological polar surface area (TPSA) is 58.2 Å². The van der Waals surface area contributed by atoms with E-state index >= 15 is 0 Å². The van der Waals surface area contributed by atoms with Gasteiger partial charge in [0.25, 0.3) is 0 Å². The second-order valence-electron chi connectivity index (χ2n) is 6.10. The van der Waals surface area contributed by atoms with Gasteiger partial charge in [-0.2, -0.15) is 0 Å². The van der Waals surface area contributed by atoms with Gasteiger partial charge < -0.3 is 5.32 Å². The molecular formula is C16H26N2O2S. The predicted octanol–water partition coefficient (Wildman–Crippen LogP) is 2.26. The first kappa shape index (κ1) is 16.5. The van der Waals surface area contributed by atoms with Crippen LogP contribution in [0, 0.1) is 34.6 Å². The molecule has 21 heavy (non-hydrogen) atoms. The Balaban J connectivity index is 2.35. The zero-order valence-corrected chi connectivity index (χ0v) is 14.4. The molecule has 1 aromatic carbocycles. The van der Waals surface area contributed by atoms with Crippen LogP contribution in [0.15, 0.2) is 4.90 Å². The first-order valence-corrected chi connectivity index (χ1v) is 9.04. The number of rotatable bonds is 4. The van der Waals surface area contributed by atoms with E-state index in [-0.39, 0.29) is 6.04 Å². The standard InChI is InChI=1S/C16H26N2O2S/c1-10-11(2)13(4)16(14(5)12(10)3)21(19,20)18-9-15-7-6-8-17-15/h15,17-18H,6-9H2,1-5H3. The van der Waals surface area contributed by atoms with Gasteiger partial charge >= 0.3 is 0 Å². The number of benzene rings is 1. The lowest BCUT2D eigenvalue weighted by Gasteiger charge is -2.20. The van der Waals surface area contributed by atoms with Crippen LogP contribution in [0.2, 0.25) is 0 Å². The summed E-state index contributed by atoms with van der Waals surface area (Å²) in [5.41, 5.74) is 5.04. The van der Waals surface area contributed by atoms with Crippen LogP contribution in [0.3, 0.4) is 0 Å². The van der Waals surface area contributed by atoms with Crippen molar-refractivity contribution >= 4 is 10.0 Å². The molecule has 0 amide bonds. The van der Waals surface area contributed by atoms with Gasteiger partial charge in [-0.15, -0.1) is 0 Å². The number of nitrogens with one attached hydrogen (secondary N) is 2. The van der Waals surface area contributed by atoms with Crippen molar-refractivity contribution in [2.45, 2.75) is 58.4 Å². The smallest absolute Gasteiger partial charge is 0.241 e. The molecule has 1 atom stereocenters. The largest absolute Gasteiger partial charge is 0.313 e. The molecule has 0 bridgehead atoms. The molecule has 0 aliphatic carbocycles. The highest BCUT2D eigenvalue weighted by Crippen LogP contribution is 2.29. The van der Waals surface area contributed by atoms with Gasteiger partial charge in [0.05, 0.1) is 4.90 Å². The summed E-state index contributed by atoms with van der Waals surface area (Å²) in [7, 11) is -3.46. The van der Waals surface area contributed by atoms with Crippen LogP contribution in [0.25, 0.3) is 0 Å². The number of hydrogen-bond donors (Lipinski definition) is 2. The molecule has 0 aromatic heterocycles. The molecule has 1 saturated heterocycles. The van der Waals surface area contributed by atoms with Crippen molar-refractivity contribution in [1.29, 1.82) is 0 Å². The summed E-state index contributed by atoms with van der Waals surface area (Å²) in [6, 6.07) is 0.257. The fraction of sp³-hybridized carbons (Fsp3) is 0.625. The van der Waals surface area contributed by atoms with Crippen molar-refractivity contribution in [2.24, 2.45) is 0 Å². The minimum absolute atomic E-state index is 0.257. The quantitative estimate of drug-likeness (QED) is 0.897. The molecule has 1 aromatic rings. The van der Waals surface area contributed by atoms with Crippen molar-refractivity contribution < 1.29 is 8.42 Å². The van der Waals surface area contributed by atoms with E-state index in [0.717, 1.165) is 41.6 Å². The van der Waals surface area contributed by atoms with Crippen LogP contribution >= 0.6 is 0 Å². The maximum absolute atomic E-state index is 12.7. The summed E-state index contributed by atoms with van der Waals surface area (Å²) in [5.74, 6) is 0. The molecule has 118 valence electrons. The lowest BCUT2D eigenvalue weighted by Crippen LogP contribution is -2.37. The zero-order chi connectivity index (χ0) is 15.8. The molecule has 2 N–H and O–H groups in total. The Morgan fingerprint density at radius 1 is 1.00 bits per heavy atom. The van der Waals surface area contributed by atoms with Crippen molar-refractivity contribution in [3.05, 3.63) is 27.8 Å².